The van der Waals surface area contributed by atoms with Crippen molar-refractivity contribution in [3.05, 3.63) is 24.2 Å². The van der Waals surface area contributed by atoms with Gasteiger partial charge in [-0.3, -0.25) is 0 Å². The Kier molecular flexibility index (Phi) is 5.46. The van der Waals surface area contributed by atoms with Gasteiger partial charge in [0, 0.05) is 11.8 Å². The van der Waals surface area contributed by atoms with Crippen molar-refractivity contribution in [1.29, 1.82) is 0 Å². The van der Waals surface area contributed by atoms with Gasteiger partial charge in [-0.05, 0) is 37.4 Å². The third-order valence-corrected chi connectivity index (χ3v) is 4.64. The summed E-state index contributed by atoms with van der Waals surface area (Å²) in [6, 6.07) is 4.72. The summed E-state index contributed by atoms with van der Waals surface area (Å²) in [5, 5.41) is 3.65. The molecule has 1 aliphatic carbocycles. The molecule has 0 radical (unpaired) electrons. The van der Waals surface area contributed by atoms with Crippen LogP contribution in [0, 0.1) is 5.92 Å². The van der Waals surface area contributed by atoms with Gasteiger partial charge in [-0.25, -0.2) is 0 Å². The Morgan fingerprint density at radius 1 is 1.47 bits per heavy atom. The summed E-state index contributed by atoms with van der Waals surface area (Å²) in [4.78, 5) is 0. The fourth-order valence-corrected chi connectivity index (χ4v) is 3.79. The summed E-state index contributed by atoms with van der Waals surface area (Å²) >= 11 is 1.99. The van der Waals surface area contributed by atoms with E-state index in [1.165, 1.54) is 31.4 Å². The highest BCUT2D eigenvalue weighted by molar-refractivity contribution is 7.98. The minimum atomic E-state index is 0.697. The fraction of sp³-hybridized carbons (Fsp3) is 0.714. The van der Waals surface area contributed by atoms with Crippen molar-refractivity contribution in [3.8, 4) is 0 Å². The predicted molar refractivity (Wildman–Crippen MR) is 74.3 cm³/mol. The molecule has 0 amide bonds. The van der Waals surface area contributed by atoms with Crippen LogP contribution in [0.15, 0.2) is 22.8 Å². The quantitative estimate of drug-likeness (QED) is 0.802. The van der Waals surface area contributed by atoms with Crippen molar-refractivity contribution in [2.45, 2.75) is 44.4 Å². The van der Waals surface area contributed by atoms with E-state index in [1.807, 2.05) is 17.8 Å². The smallest absolute Gasteiger partial charge is 0.113 e. The van der Waals surface area contributed by atoms with Gasteiger partial charge in [0.2, 0.25) is 0 Å². The number of furan rings is 1. The van der Waals surface area contributed by atoms with E-state index in [1.54, 1.807) is 6.26 Å². The molecule has 1 aromatic rings. The zero-order chi connectivity index (χ0) is 11.9. The van der Waals surface area contributed by atoms with Crippen molar-refractivity contribution in [1.82, 2.24) is 5.32 Å². The average Bonchev–Trinajstić information content (AvgIpc) is 3.01. The highest BCUT2D eigenvalue weighted by Crippen LogP contribution is 2.29. The first-order chi connectivity index (χ1) is 8.40. The van der Waals surface area contributed by atoms with Crippen LogP contribution in [-0.2, 0) is 5.75 Å². The monoisotopic (exact) mass is 253 g/mol. The lowest BCUT2D eigenvalue weighted by molar-refractivity contribution is 0.394. The first-order valence-electron chi connectivity index (χ1n) is 6.73. The molecule has 0 aliphatic heterocycles. The number of hydrogen-bond acceptors (Lipinski definition) is 3. The Hall–Kier alpha value is -0.410. The second-order valence-electron chi connectivity index (χ2n) is 4.80. The fourth-order valence-electron chi connectivity index (χ4n) is 2.66. The minimum Gasteiger partial charge on any atom is -0.468 e. The number of thioether (sulfide) groups is 1. The molecule has 1 atom stereocenters. The lowest BCUT2D eigenvalue weighted by atomic mass is 10.00. The molecule has 2 rings (SSSR count). The van der Waals surface area contributed by atoms with Gasteiger partial charge in [0.05, 0.1) is 12.0 Å². The van der Waals surface area contributed by atoms with E-state index in [2.05, 4.69) is 18.3 Å². The second-order valence-corrected chi connectivity index (χ2v) is 5.83. The molecule has 0 spiro atoms. The van der Waals surface area contributed by atoms with Crippen molar-refractivity contribution in [2.75, 3.05) is 12.3 Å². The second kappa shape index (κ2) is 7.12. The summed E-state index contributed by atoms with van der Waals surface area (Å²) in [7, 11) is 0. The molecule has 1 aromatic heterocycles. The maximum Gasteiger partial charge on any atom is 0.113 e. The van der Waals surface area contributed by atoms with Crippen molar-refractivity contribution in [3.63, 3.8) is 0 Å². The first-order valence-corrected chi connectivity index (χ1v) is 7.89. The molecule has 1 unspecified atom stereocenters. The van der Waals surface area contributed by atoms with Gasteiger partial charge >= 0.3 is 0 Å². The highest BCUT2D eigenvalue weighted by Gasteiger charge is 2.24. The lowest BCUT2D eigenvalue weighted by Gasteiger charge is -2.23. The maximum atomic E-state index is 5.36. The SMILES string of the molecule is CCNC(CSCc1ccco1)C1CCCC1. The van der Waals surface area contributed by atoms with Gasteiger partial charge < -0.3 is 9.73 Å². The Labute approximate surface area is 109 Å². The topological polar surface area (TPSA) is 25.2 Å². The standard InChI is InChI=1S/C14H23NOS/c1-2-15-14(12-6-3-4-7-12)11-17-10-13-8-5-9-16-13/h5,8-9,12,14-15H,2-4,6-7,10-11H2,1H3. The molecule has 1 saturated carbocycles. The molecule has 17 heavy (non-hydrogen) atoms. The van der Waals surface area contributed by atoms with Crippen LogP contribution in [0.3, 0.4) is 0 Å². The van der Waals surface area contributed by atoms with Crippen molar-refractivity contribution < 1.29 is 4.42 Å². The van der Waals surface area contributed by atoms with E-state index in [-0.39, 0.29) is 0 Å². The van der Waals surface area contributed by atoms with Crippen LogP contribution in [0.2, 0.25) is 0 Å². The van der Waals surface area contributed by atoms with Crippen LogP contribution >= 0.6 is 11.8 Å². The van der Waals surface area contributed by atoms with Crippen molar-refractivity contribution in [2.24, 2.45) is 5.92 Å². The summed E-state index contributed by atoms with van der Waals surface area (Å²) in [6.07, 6.45) is 7.44. The van der Waals surface area contributed by atoms with Gasteiger partial charge in [0.1, 0.15) is 5.76 Å². The number of hydrogen-bond donors (Lipinski definition) is 1. The van der Waals surface area contributed by atoms with Gasteiger partial charge in [-0.15, -0.1) is 0 Å². The molecule has 0 saturated heterocycles. The van der Waals surface area contributed by atoms with Crippen LogP contribution in [0.4, 0.5) is 0 Å². The summed E-state index contributed by atoms with van der Waals surface area (Å²) < 4.78 is 5.36. The molecule has 1 N–H and O–H groups in total. The van der Waals surface area contributed by atoms with Gasteiger partial charge in [-0.1, -0.05) is 19.8 Å². The number of rotatable bonds is 7. The van der Waals surface area contributed by atoms with E-state index in [9.17, 15) is 0 Å². The molecule has 96 valence electrons. The largest absolute Gasteiger partial charge is 0.468 e. The summed E-state index contributed by atoms with van der Waals surface area (Å²) in [5.41, 5.74) is 0. The maximum absolute atomic E-state index is 5.36. The average molecular weight is 253 g/mol. The van der Waals surface area contributed by atoms with Crippen LogP contribution in [0.25, 0.3) is 0 Å². The van der Waals surface area contributed by atoms with E-state index in [0.29, 0.717) is 6.04 Å². The van der Waals surface area contributed by atoms with E-state index >= 15 is 0 Å². The summed E-state index contributed by atoms with van der Waals surface area (Å²) in [6.45, 7) is 3.29. The molecular weight excluding hydrogens is 230 g/mol. The van der Waals surface area contributed by atoms with E-state index in [4.69, 9.17) is 4.42 Å². The molecule has 1 fully saturated rings. The summed E-state index contributed by atoms with van der Waals surface area (Å²) in [5.74, 6) is 4.21. The lowest BCUT2D eigenvalue weighted by Crippen LogP contribution is -2.37. The molecule has 2 nitrogen and oxygen atoms in total. The van der Waals surface area contributed by atoms with E-state index < -0.39 is 0 Å². The molecule has 1 heterocycles. The predicted octanol–water partition coefficient (Wildman–Crippen LogP) is 3.68. The Morgan fingerprint density at radius 2 is 2.29 bits per heavy atom. The van der Waals surface area contributed by atoms with Crippen LogP contribution in [0.1, 0.15) is 38.4 Å². The molecule has 0 bridgehead atoms. The molecule has 1 aliphatic rings. The molecular formula is C14H23NOS. The van der Waals surface area contributed by atoms with Crippen LogP contribution in [-0.4, -0.2) is 18.3 Å². The highest BCUT2D eigenvalue weighted by atomic mass is 32.2. The zero-order valence-electron chi connectivity index (χ0n) is 10.7. The van der Waals surface area contributed by atoms with Crippen LogP contribution < -0.4 is 5.32 Å². The molecule has 0 aromatic carbocycles. The van der Waals surface area contributed by atoms with Gasteiger partial charge in [0.25, 0.3) is 0 Å². The Bertz CT molecular complexity index is 293. The van der Waals surface area contributed by atoms with Crippen molar-refractivity contribution >= 4 is 11.8 Å². The molecule has 3 heteroatoms. The Balaban J connectivity index is 1.73. The normalized spacial score (nSPS) is 18.6. The number of nitrogens with one attached hydrogen (secondary N) is 1. The Morgan fingerprint density at radius 3 is 2.94 bits per heavy atom. The minimum absolute atomic E-state index is 0.697. The first kappa shape index (κ1) is 13.0. The van der Waals surface area contributed by atoms with Crippen LogP contribution in [0.5, 0.6) is 0 Å². The zero-order valence-corrected chi connectivity index (χ0v) is 11.5. The third-order valence-electron chi connectivity index (χ3n) is 3.56. The van der Waals surface area contributed by atoms with Gasteiger partial charge in [-0.2, -0.15) is 11.8 Å². The third kappa shape index (κ3) is 4.07. The van der Waals surface area contributed by atoms with E-state index in [0.717, 1.165) is 24.0 Å². The van der Waals surface area contributed by atoms with Gasteiger partial charge in [0.15, 0.2) is 0 Å².